The first-order valence-corrected chi connectivity index (χ1v) is 2.25. The highest BCUT2D eigenvalue weighted by Gasteiger charge is 1.75. The third-order valence-corrected chi connectivity index (χ3v) is 0.571. The summed E-state index contributed by atoms with van der Waals surface area (Å²) in [4.78, 5) is 0. The van der Waals surface area contributed by atoms with Crippen LogP contribution in [0.4, 0.5) is 0 Å². The van der Waals surface area contributed by atoms with Gasteiger partial charge in [0.1, 0.15) is 0 Å². The molecule has 4 heteroatoms. The number of rotatable bonds is 4. The van der Waals surface area contributed by atoms with Crippen molar-refractivity contribution < 1.29 is 0 Å². The molecule has 0 heterocycles. The lowest BCUT2D eigenvalue weighted by molar-refractivity contribution is 0.567. The van der Waals surface area contributed by atoms with E-state index in [0.29, 0.717) is 0 Å². The molecule has 5 N–H and O–H groups in total. The van der Waals surface area contributed by atoms with Gasteiger partial charge in [-0.15, -0.1) is 0 Å². The lowest BCUT2D eigenvalue weighted by Crippen LogP contribution is -2.36. The van der Waals surface area contributed by atoms with Gasteiger partial charge in [0, 0.05) is 13.1 Å². The molecule has 0 bridgehead atoms. The number of nitrogens with one attached hydrogen (secondary N) is 3. The molecule has 0 radical (unpaired) electrons. The highest BCUT2D eigenvalue weighted by molar-refractivity contribution is 4.37. The maximum atomic E-state index is 4.95. The van der Waals surface area contributed by atoms with Crippen LogP contribution < -0.4 is 22.1 Å². The van der Waals surface area contributed by atoms with Crippen molar-refractivity contribution in [1.82, 2.24) is 16.3 Å². The third kappa shape index (κ3) is 5.84. The molecule has 0 atom stereocenters. The van der Waals surface area contributed by atoms with Crippen molar-refractivity contribution in [2.24, 2.45) is 5.84 Å². The standard InChI is InChI=1S/C3H12N4/c1-5-7-3-2-6-4/h5-7H,2-4H2,1H3. The van der Waals surface area contributed by atoms with E-state index >= 15 is 0 Å². The summed E-state index contributed by atoms with van der Waals surface area (Å²) in [5.41, 5.74) is 8.11. The van der Waals surface area contributed by atoms with E-state index in [1.807, 2.05) is 7.05 Å². The highest BCUT2D eigenvalue weighted by atomic mass is 15.3. The van der Waals surface area contributed by atoms with Crippen molar-refractivity contribution in [3.05, 3.63) is 0 Å². The van der Waals surface area contributed by atoms with Crippen LogP contribution >= 0.6 is 0 Å². The zero-order valence-corrected chi connectivity index (χ0v) is 4.49. The van der Waals surface area contributed by atoms with Crippen molar-refractivity contribution >= 4 is 0 Å². The summed E-state index contributed by atoms with van der Waals surface area (Å²) >= 11 is 0. The third-order valence-electron chi connectivity index (χ3n) is 0.571. The van der Waals surface area contributed by atoms with Crippen LogP contribution in [0, 0.1) is 0 Å². The zero-order chi connectivity index (χ0) is 5.54. The van der Waals surface area contributed by atoms with Crippen LogP contribution in [-0.4, -0.2) is 20.1 Å². The molecule has 44 valence electrons. The molecular formula is C3H12N4. The van der Waals surface area contributed by atoms with Crippen LogP contribution in [0.1, 0.15) is 0 Å². The molecule has 0 saturated carbocycles. The van der Waals surface area contributed by atoms with Crippen LogP contribution in [0.15, 0.2) is 0 Å². The number of nitrogens with two attached hydrogens (primary N) is 1. The molecule has 0 saturated heterocycles. The normalized spacial score (nSPS) is 9.43. The lowest BCUT2D eigenvalue weighted by Gasteiger charge is -1.98. The van der Waals surface area contributed by atoms with E-state index in [0.717, 1.165) is 13.1 Å². The zero-order valence-electron chi connectivity index (χ0n) is 4.49. The minimum absolute atomic E-state index is 0.779. The maximum Gasteiger partial charge on any atom is 0.0239 e. The molecule has 4 nitrogen and oxygen atoms in total. The minimum Gasteiger partial charge on any atom is -0.271 e. The monoisotopic (exact) mass is 104 g/mol. The Bertz CT molecular complexity index is 26.1. The molecule has 0 aromatic rings. The smallest absolute Gasteiger partial charge is 0.0239 e. The van der Waals surface area contributed by atoms with E-state index in [-0.39, 0.29) is 0 Å². The second kappa shape index (κ2) is 5.84. The summed E-state index contributed by atoms with van der Waals surface area (Å²) in [6.07, 6.45) is 0. The first-order chi connectivity index (χ1) is 3.41. The van der Waals surface area contributed by atoms with E-state index in [1.165, 1.54) is 0 Å². The molecule has 0 aliphatic rings. The van der Waals surface area contributed by atoms with Crippen LogP contribution in [0.5, 0.6) is 0 Å². The molecule has 0 spiro atoms. The van der Waals surface area contributed by atoms with Gasteiger partial charge in [-0.05, 0) is 7.05 Å². The molecular weight excluding hydrogens is 92.1 g/mol. The average Bonchev–Trinajstić information content (AvgIpc) is 1.69. The topological polar surface area (TPSA) is 62.1 Å². The molecule has 0 rings (SSSR count). The Labute approximate surface area is 43.4 Å². The molecule has 0 fully saturated rings. The Kier molecular flexibility index (Phi) is 5.71. The Morgan fingerprint density at radius 1 is 1.43 bits per heavy atom. The number of hydrogen-bond donors (Lipinski definition) is 4. The van der Waals surface area contributed by atoms with Gasteiger partial charge >= 0.3 is 0 Å². The van der Waals surface area contributed by atoms with E-state index in [9.17, 15) is 0 Å². The minimum atomic E-state index is 0.779. The van der Waals surface area contributed by atoms with E-state index in [2.05, 4.69) is 16.3 Å². The first-order valence-electron chi connectivity index (χ1n) is 2.25. The molecule has 7 heavy (non-hydrogen) atoms. The van der Waals surface area contributed by atoms with Crippen molar-refractivity contribution in [2.75, 3.05) is 20.1 Å². The van der Waals surface area contributed by atoms with Crippen LogP contribution in [0.2, 0.25) is 0 Å². The highest BCUT2D eigenvalue weighted by Crippen LogP contribution is 1.43. The molecule has 0 aromatic heterocycles. The van der Waals surface area contributed by atoms with Gasteiger partial charge in [-0.3, -0.25) is 22.1 Å². The Hall–Kier alpha value is -0.160. The summed E-state index contributed by atoms with van der Waals surface area (Å²) < 4.78 is 0. The van der Waals surface area contributed by atoms with E-state index in [4.69, 9.17) is 5.84 Å². The Balaban J connectivity index is 2.45. The van der Waals surface area contributed by atoms with Gasteiger partial charge in [0.15, 0.2) is 0 Å². The van der Waals surface area contributed by atoms with E-state index in [1.54, 1.807) is 0 Å². The van der Waals surface area contributed by atoms with Gasteiger partial charge in [-0.2, -0.15) is 0 Å². The van der Waals surface area contributed by atoms with Gasteiger partial charge in [0.05, 0.1) is 0 Å². The summed E-state index contributed by atoms with van der Waals surface area (Å²) in [5.74, 6) is 4.95. The molecule has 0 unspecified atom stereocenters. The fraction of sp³-hybridized carbons (Fsp3) is 1.00. The fourth-order valence-electron chi connectivity index (χ4n) is 0.260. The van der Waals surface area contributed by atoms with Crippen molar-refractivity contribution in [1.29, 1.82) is 0 Å². The van der Waals surface area contributed by atoms with Crippen molar-refractivity contribution in [3.63, 3.8) is 0 Å². The van der Waals surface area contributed by atoms with Gasteiger partial charge in [0.25, 0.3) is 0 Å². The summed E-state index contributed by atoms with van der Waals surface area (Å²) in [6.45, 7) is 1.62. The largest absolute Gasteiger partial charge is 0.271 e. The first kappa shape index (κ1) is 6.84. The fourth-order valence-corrected chi connectivity index (χ4v) is 0.260. The quantitative estimate of drug-likeness (QED) is 0.192. The molecule has 0 aliphatic heterocycles. The van der Waals surface area contributed by atoms with Crippen LogP contribution in [0.25, 0.3) is 0 Å². The second-order valence-corrected chi connectivity index (χ2v) is 1.13. The van der Waals surface area contributed by atoms with Crippen molar-refractivity contribution in [3.8, 4) is 0 Å². The Morgan fingerprint density at radius 3 is 2.57 bits per heavy atom. The number of hydrogen-bond acceptors (Lipinski definition) is 4. The summed E-state index contributed by atoms with van der Waals surface area (Å²) in [7, 11) is 1.82. The van der Waals surface area contributed by atoms with Crippen LogP contribution in [0.3, 0.4) is 0 Å². The maximum absolute atomic E-state index is 4.95. The second-order valence-electron chi connectivity index (χ2n) is 1.13. The number of hydrazine groups is 2. The predicted molar refractivity (Wildman–Crippen MR) is 29.3 cm³/mol. The van der Waals surface area contributed by atoms with E-state index < -0.39 is 0 Å². The predicted octanol–water partition coefficient (Wildman–Crippen LogP) is -1.83. The van der Waals surface area contributed by atoms with Crippen LogP contribution in [-0.2, 0) is 0 Å². The summed E-state index contributed by atoms with van der Waals surface area (Å²) in [5, 5.41) is 0. The molecule has 0 aliphatic carbocycles. The average molecular weight is 104 g/mol. The van der Waals surface area contributed by atoms with Gasteiger partial charge in [0.2, 0.25) is 0 Å². The SMILES string of the molecule is CNNCCNN. The van der Waals surface area contributed by atoms with Gasteiger partial charge < -0.3 is 0 Å². The Morgan fingerprint density at radius 2 is 2.14 bits per heavy atom. The van der Waals surface area contributed by atoms with Crippen molar-refractivity contribution in [2.45, 2.75) is 0 Å². The lowest BCUT2D eigenvalue weighted by atomic mass is 10.7. The molecule has 0 amide bonds. The summed E-state index contributed by atoms with van der Waals surface area (Å²) in [6, 6.07) is 0. The van der Waals surface area contributed by atoms with Gasteiger partial charge in [-0.1, -0.05) is 0 Å². The molecule has 0 aromatic carbocycles. The van der Waals surface area contributed by atoms with Gasteiger partial charge in [-0.25, -0.2) is 0 Å².